The maximum Gasteiger partial charge on any atom is 0.181 e. The van der Waals surface area contributed by atoms with Crippen LogP contribution in [0, 0.1) is 0 Å². The average molecular weight is 331 g/mol. The van der Waals surface area contributed by atoms with Crippen LogP contribution in [0.15, 0.2) is 17.0 Å². The first-order chi connectivity index (χ1) is 9.48. The highest BCUT2D eigenvalue weighted by Crippen LogP contribution is 2.35. The largest absolute Gasteiger partial charge is 0.375 e. The van der Waals surface area contributed by atoms with Gasteiger partial charge >= 0.3 is 0 Å². The molecule has 0 unspecified atom stereocenters. The van der Waals surface area contributed by atoms with Gasteiger partial charge in [0.1, 0.15) is 5.52 Å². The molecule has 0 amide bonds. The van der Waals surface area contributed by atoms with E-state index in [1.54, 1.807) is 6.07 Å². The van der Waals surface area contributed by atoms with Gasteiger partial charge < -0.3 is 5.73 Å². The first kappa shape index (κ1) is 14.1. The van der Waals surface area contributed by atoms with Crippen LogP contribution >= 0.6 is 22.9 Å². The Kier molecular flexibility index (Phi) is 3.64. The average Bonchev–Trinajstić information content (AvgIpc) is 2.81. The molecule has 2 N–H and O–H groups in total. The number of nitrogens with two attached hydrogens (primary N) is 1. The number of nitrogens with zero attached hydrogens (tertiary/aromatic N) is 1. The van der Waals surface area contributed by atoms with Gasteiger partial charge in [-0.1, -0.05) is 42.2 Å². The van der Waals surface area contributed by atoms with Crippen molar-refractivity contribution in [2.75, 3.05) is 5.73 Å². The highest BCUT2D eigenvalue weighted by Gasteiger charge is 2.29. The zero-order valence-corrected chi connectivity index (χ0v) is 13.2. The second kappa shape index (κ2) is 5.16. The number of hydrogen-bond acceptors (Lipinski definition) is 5. The lowest BCUT2D eigenvalue weighted by atomic mass is 10.0. The van der Waals surface area contributed by atoms with Crippen molar-refractivity contribution in [3.8, 4) is 0 Å². The molecular formula is C13H15ClN2O2S2. The maximum atomic E-state index is 12.7. The van der Waals surface area contributed by atoms with Crippen LogP contribution in [0.5, 0.6) is 0 Å². The summed E-state index contributed by atoms with van der Waals surface area (Å²) in [5.41, 5.74) is 6.24. The Morgan fingerprint density at radius 2 is 1.95 bits per heavy atom. The molecule has 20 heavy (non-hydrogen) atoms. The molecule has 1 aliphatic rings. The SMILES string of the molecule is Nc1nc2c(Cl)cc(S(=O)(=O)C3CCCCC3)cc2s1. The predicted molar refractivity (Wildman–Crippen MR) is 83.1 cm³/mol. The van der Waals surface area contributed by atoms with E-state index in [9.17, 15) is 8.42 Å². The number of aromatic nitrogens is 1. The molecule has 1 saturated carbocycles. The van der Waals surface area contributed by atoms with Gasteiger partial charge in [0.05, 0.1) is 19.9 Å². The number of thiazole rings is 1. The first-order valence-corrected chi connectivity index (χ1v) is 9.32. The summed E-state index contributed by atoms with van der Waals surface area (Å²) >= 11 is 7.41. The van der Waals surface area contributed by atoms with Gasteiger partial charge in [0.2, 0.25) is 0 Å². The molecule has 1 aromatic carbocycles. The molecule has 0 atom stereocenters. The second-order valence-corrected chi connectivity index (χ2v) is 8.81. The Morgan fingerprint density at radius 3 is 2.65 bits per heavy atom. The molecule has 0 saturated heterocycles. The van der Waals surface area contributed by atoms with Crippen LogP contribution in [0.25, 0.3) is 10.2 Å². The summed E-state index contributed by atoms with van der Waals surface area (Å²) in [6, 6.07) is 3.16. The highest BCUT2D eigenvalue weighted by molar-refractivity contribution is 7.92. The van der Waals surface area contributed by atoms with E-state index in [4.69, 9.17) is 17.3 Å². The number of benzene rings is 1. The molecule has 1 heterocycles. The molecule has 0 aliphatic heterocycles. The standard InChI is InChI=1S/C13H15ClN2O2S2/c14-10-6-9(7-11-12(10)16-13(15)19-11)20(17,18)8-4-2-1-3-5-8/h6-8H,1-5H2,(H2,15,16). The third-order valence-corrected chi connectivity index (χ3v) is 7.12. The van der Waals surface area contributed by atoms with Crippen LogP contribution in [0.1, 0.15) is 32.1 Å². The number of sulfone groups is 1. The number of anilines is 1. The quantitative estimate of drug-likeness (QED) is 0.912. The fraction of sp³-hybridized carbons (Fsp3) is 0.462. The van der Waals surface area contributed by atoms with Crippen molar-refractivity contribution in [3.63, 3.8) is 0 Å². The van der Waals surface area contributed by atoms with Gasteiger partial charge in [-0.15, -0.1) is 0 Å². The topological polar surface area (TPSA) is 73.0 Å². The second-order valence-electron chi connectivity index (χ2n) is 5.11. The Morgan fingerprint density at radius 1 is 1.25 bits per heavy atom. The molecule has 2 aromatic rings. The lowest BCUT2D eigenvalue weighted by molar-refractivity contribution is 0.484. The number of rotatable bonds is 2. The summed E-state index contributed by atoms with van der Waals surface area (Å²) in [4.78, 5) is 4.41. The van der Waals surface area contributed by atoms with E-state index in [2.05, 4.69) is 4.98 Å². The minimum Gasteiger partial charge on any atom is -0.375 e. The van der Waals surface area contributed by atoms with Crippen LogP contribution in [-0.2, 0) is 9.84 Å². The van der Waals surface area contributed by atoms with E-state index in [1.807, 2.05) is 0 Å². The minimum absolute atomic E-state index is 0.282. The molecular weight excluding hydrogens is 316 g/mol. The van der Waals surface area contributed by atoms with Gasteiger partial charge in [-0.25, -0.2) is 13.4 Å². The van der Waals surface area contributed by atoms with Crippen molar-refractivity contribution in [2.45, 2.75) is 42.2 Å². The molecule has 3 rings (SSSR count). The Bertz CT molecular complexity index is 749. The summed E-state index contributed by atoms with van der Waals surface area (Å²) in [6.07, 6.45) is 4.56. The van der Waals surface area contributed by atoms with Gasteiger partial charge in [0.25, 0.3) is 0 Å². The molecule has 1 aliphatic carbocycles. The van der Waals surface area contributed by atoms with Crippen molar-refractivity contribution < 1.29 is 8.42 Å². The van der Waals surface area contributed by atoms with Crippen molar-refractivity contribution in [3.05, 3.63) is 17.2 Å². The molecule has 0 radical (unpaired) electrons. The van der Waals surface area contributed by atoms with E-state index in [-0.39, 0.29) is 5.25 Å². The fourth-order valence-electron chi connectivity index (χ4n) is 2.71. The molecule has 1 aromatic heterocycles. The number of hydrogen-bond donors (Lipinski definition) is 1. The first-order valence-electron chi connectivity index (χ1n) is 6.58. The zero-order valence-electron chi connectivity index (χ0n) is 10.8. The third kappa shape index (κ3) is 2.40. The van der Waals surface area contributed by atoms with Crippen LogP contribution in [-0.4, -0.2) is 18.7 Å². The Labute approximate surface area is 126 Å². The summed E-state index contributed by atoms with van der Waals surface area (Å²) < 4.78 is 26.1. The van der Waals surface area contributed by atoms with Crippen molar-refractivity contribution in [1.82, 2.24) is 4.98 Å². The Hall–Kier alpha value is -0.850. The lowest BCUT2D eigenvalue weighted by Gasteiger charge is -2.21. The van der Waals surface area contributed by atoms with Gasteiger partial charge in [-0.2, -0.15) is 0 Å². The zero-order chi connectivity index (χ0) is 14.3. The number of nitrogen functional groups attached to an aromatic ring is 1. The van der Waals surface area contributed by atoms with Gasteiger partial charge in [0.15, 0.2) is 15.0 Å². The Balaban J connectivity index is 2.08. The minimum atomic E-state index is -3.31. The summed E-state index contributed by atoms with van der Waals surface area (Å²) in [6.45, 7) is 0. The lowest BCUT2D eigenvalue weighted by Crippen LogP contribution is -2.24. The fourth-order valence-corrected chi connectivity index (χ4v) is 5.87. The van der Waals surface area contributed by atoms with Crippen molar-refractivity contribution in [1.29, 1.82) is 0 Å². The number of fused-ring (bicyclic) bond motifs is 1. The third-order valence-electron chi connectivity index (χ3n) is 3.76. The van der Waals surface area contributed by atoms with E-state index >= 15 is 0 Å². The van der Waals surface area contributed by atoms with Crippen LogP contribution in [0.2, 0.25) is 5.02 Å². The molecule has 1 fully saturated rings. The van der Waals surface area contributed by atoms with E-state index < -0.39 is 9.84 Å². The van der Waals surface area contributed by atoms with Crippen molar-refractivity contribution >= 4 is 48.1 Å². The van der Waals surface area contributed by atoms with Crippen molar-refractivity contribution in [2.24, 2.45) is 0 Å². The van der Waals surface area contributed by atoms with Gasteiger partial charge in [0, 0.05) is 0 Å². The van der Waals surface area contributed by atoms with Crippen LogP contribution < -0.4 is 5.73 Å². The summed E-state index contributed by atoms with van der Waals surface area (Å²) in [5.74, 6) is 0. The normalized spacial score (nSPS) is 17.6. The molecule has 4 nitrogen and oxygen atoms in total. The highest BCUT2D eigenvalue weighted by atomic mass is 35.5. The molecule has 7 heteroatoms. The summed E-state index contributed by atoms with van der Waals surface area (Å²) in [5, 5.41) is 0.467. The number of halogens is 1. The van der Waals surface area contributed by atoms with Crippen LogP contribution in [0.4, 0.5) is 5.13 Å². The molecule has 0 spiro atoms. The van der Waals surface area contributed by atoms with E-state index in [0.717, 1.165) is 36.8 Å². The van der Waals surface area contributed by atoms with Crippen LogP contribution in [0.3, 0.4) is 0 Å². The van der Waals surface area contributed by atoms with E-state index in [0.29, 0.717) is 20.6 Å². The van der Waals surface area contributed by atoms with E-state index in [1.165, 1.54) is 17.4 Å². The molecule has 108 valence electrons. The monoisotopic (exact) mass is 330 g/mol. The smallest absolute Gasteiger partial charge is 0.181 e. The molecule has 0 bridgehead atoms. The predicted octanol–water partition coefficient (Wildman–Crippen LogP) is 3.64. The summed E-state index contributed by atoms with van der Waals surface area (Å²) in [7, 11) is -3.31. The van der Waals surface area contributed by atoms with Gasteiger partial charge in [-0.3, -0.25) is 0 Å². The maximum absolute atomic E-state index is 12.7. The van der Waals surface area contributed by atoms with Gasteiger partial charge in [-0.05, 0) is 25.0 Å².